The van der Waals surface area contributed by atoms with Crippen LogP contribution in [0, 0.1) is 6.92 Å². The van der Waals surface area contributed by atoms with Crippen molar-refractivity contribution in [2.24, 2.45) is 0 Å². The first kappa shape index (κ1) is 15.8. The molecule has 3 rings (SSSR count). The number of carbonyl (C=O) groups excluding carboxylic acids is 1. The molecule has 1 aliphatic heterocycles. The highest BCUT2D eigenvalue weighted by atomic mass is 16.2. The molecule has 2 aromatic carbocycles. The first-order chi connectivity index (χ1) is 11.1. The Balaban J connectivity index is 1.63. The molecule has 1 heterocycles. The Kier molecular flexibility index (Phi) is 4.77. The molecule has 2 N–H and O–H groups in total. The molecule has 1 aliphatic rings. The van der Waals surface area contributed by atoms with Gasteiger partial charge >= 0.3 is 0 Å². The van der Waals surface area contributed by atoms with Crippen LogP contribution in [-0.2, 0) is 11.2 Å². The zero-order valence-corrected chi connectivity index (χ0v) is 13.8. The van der Waals surface area contributed by atoms with Gasteiger partial charge in [0, 0.05) is 13.1 Å². The monoisotopic (exact) mass is 308 g/mol. The molecule has 2 aromatic rings. The van der Waals surface area contributed by atoms with Crippen molar-refractivity contribution in [2.45, 2.75) is 32.2 Å². The lowest BCUT2D eigenvalue weighted by atomic mass is 9.93. The fourth-order valence-corrected chi connectivity index (χ4v) is 3.11. The van der Waals surface area contributed by atoms with Crippen molar-refractivity contribution in [1.29, 1.82) is 0 Å². The quantitative estimate of drug-likeness (QED) is 0.911. The molecule has 0 saturated heterocycles. The zero-order valence-electron chi connectivity index (χ0n) is 13.8. The molecule has 0 bridgehead atoms. The van der Waals surface area contributed by atoms with E-state index in [1.807, 2.05) is 12.1 Å². The molecule has 0 radical (unpaired) electrons. The standard InChI is InChI=1S/C20H24N2O/c1-14-7-9-16(10-8-14)15(2)13-22-20(23)19-18-6-4-3-5-17(18)11-12-21-19/h3-10,15,19,21H,11-13H2,1-2H3,(H,22,23). The number of aryl methyl sites for hydroxylation is 1. The number of amides is 1. The Morgan fingerprint density at radius 2 is 1.96 bits per heavy atom. The van der Waals surface area contributed by atoms with Crippen LogP contribution in [0.2, 0.25) is 0 Å². The Morgan fingerprint density at radius 1 is 1.22 bits per heavy atom. The molecule has 0 saturated carbocycles. The van der Waals surface area contributed by atoms with Crippen molar-refractivity contribution >= 4 is 5.91 Å². The van der Waals surface area contributed by atoms with E-state index < -0.39 is 0 Å². The Morgan fingerprint density at radius 3 is 2.74 bits per heavy atom. The predicted molar refractivity (Wildman–Crippen MR) is 93.5 cm³/mol. The van der Waals surface area contributed by atoms with Crippen LogP contribution in [0.3, 0.4) is 0 Å². The summed E-state index contributed by atoms with van der Waals surface area (Å²) < 4.78 is 0. The molecule has 0 aliphatic carbocycles. The molecular formula is C20H24N2O. The molecule has 3 nitrogen and oxygen atoms in total. The Bertz CT molecular complexity index is 678. The second kappa shape index (κ2) is 6.97. The first-order valence-corrected chi connectivity index (χ1v) is 8.30. The lowest BCUT2D eigenvalue weighted by Crippen LogP contribution is -2.42. The third-order valence-electron chi connectivity index (χ3n) is 4.60. The van der Waals surface area contributed by atoms with E-state index >= 15 is 0 Å². The fraction of sp³-hybridized carbons (Fsp3) is 0.350. The molecule has 3 heteroatoms. The molecule has 2 unspecified atom stereocenters. The Hall–Kier alpha value is -2.13. The van der Waals surface area contributed by atoms with Gasteiger partial charge in [-0.15, -0.1) is 0 Å². The van der Waals surface area contributed by atoms with Gasteiger partial charge in [-0.1, -0.05) is 61.0 Å². The van der Waals surface area contributed by atoms with Crippen molar-refractivity contribution in [3.05, 3.63) is 70.8 Å². The smallest absolute Gasteiger partial charge is 0.241 e. The summed E-state index contributed by atoms with van der Waals surface area (Å²) in [6.45, 7) is 5.74. The van der Waals surface area contributed by atoms with E-state index in [9.17, 15) is 4.79 Å². The minimum absolute atomic E-state index is 0.0658. The second-order valence-electron chi connectivity index (χ2n) is 6.39. The lowest BCUT2D eigenvalue weighted by molar-refractivity contribution is -0.123. The lowest BCUT2D eigenvalue weighted by Gasteiger charge is -2.26. The molecule has 23 heavy (non-hydrogen) atoms. The summed E-state index contributed by atoms with van der Waals surface area (Å²) in [4.78, 5) is 12.6. The van der Waals surface area contributed by atoms with E-state index in [0.29, 0.717) is 12.5 Å². The average molecular weight is 308 g/mol. The van der Waals surface area contributed by atoms with Gasteiger partial charge in [-0.3, -0.25) is 4.79 Å². The largest absolute Gasteiger partial charge is 0.354 e. The number of nitrogens with one attached hydrogen (secondary N) is 2. The maximum Gasteiger partial charge on any atom is 0.241 e. The van der Waals surface area contributed by atoms with Gasteiger partial charge in [-0.05, 0) is 36.0 Å². The highest BCUT2D eigenvalue weighted by Crippen LogP contribution is 2.23. The molecule has 0 aromatic heterocycles. The summed E-state index contributed by atoms with van der Waals surface area (Å²) >= 11 is 0. The molecule has 2 atom stereocenters. The van der Waals surface area contributed by atoms with Gasteiger partial charge < -0.3 is 10.6 Å². The molecule has 0 spiro atoms. The summed E-state index contributed by atoms with van der Waals surface area (Å²) in [5, 5.41) is 6.44. The van der Waals surface area contributed by atoms with Gasteiger partial charge in [0.1, 0.15) is 6.04 Å². The van der Waals surface area contributed by atoms with Crippen LogP contribution in [0.4, 0.5) is 0 Å². The number of benzene rings is 2. The van der Waals surface area contributed by atoms with E-state index in [1.165, 1.54) is 16.7 Å². The highest BCUT2D eigenvalue weighted by molar-refractivity contribution is 5.84. The maximum absolute atomic E-state index is 12.6. The van der Waals surface area contributed by atoms with Gasteiger partial charge in [0.15, 0.2) is 0 Å². The summed E-state index contributed by atoms with van der Waals surface area (Å²) in [6.07, 6.45) is 0.986. The summed E-state index contributed by atoms with van der Waals surface area (Å²) in [7, 11) is 0. The van der Waals surface area contributed by atoms with E-state index in [-0.39, 0.29) is 11.9 Å². The summed E-state index contributed by atoms with van der Waals surface area (Å²) in [5.41, 5.74) is 4.90. The first-order valence-electron chi connectivity index (χ1n) is 8.30. The van der Waals surface area contributed by atoms with Gasteiger partial charge in [0.05, 0.1) is 0 Å². The van der Waals surface area contributed by atoms with Crippen LogP contribution in [-0.4, -0.2) is 19.0 Å². The second-order valence-corrected chi connectivity index (χ2v) is 6.39. The van der Waals surface area contributed by atoms with Gasteiger partial charge in [0.25, 0.3) is 0 Å². The van der Waals surface area contributed by atoms with Gasteiger partial charge in [-0.25, -0.2) is 0 Å². The average Bonchev–Trinajstić information content (AvgIpc) is 2.59. The van der Waals surface area contributed by atoms with E-state index in [1.54, 1.807) is 0 Å². The van der Waals surface area contributed by atoms with Crippen LogP contribution in [0.1, 0.15) is 41.1 Å². The predicted octanol–water partition coefficient (Wildman–Crippen LogP) is 3.10. The highest BCUT2D eigenvalue weighted by Gasteiger charge is 2.25. The third kappa shape index (κ3) is 3.62. The molecular weight excluding hydrogens is 284 g/mol. The van der Waals surface area contributed by atoms with Gasteiger partial charge in [-0.2, -0.15) is 0 Å². The molecule has 0 fully saturated rings. The number of fused-ring (bicyclic) bond motifs is 1. The molecule has 1 amide bonds. The fourth-order valence-electron chi connectivity index (χ4n) is 3.11. The topological polar surface area (TPSA) is 41.1 Å². The van der Waals surface area contributed by atoms with Crippen molar-refractivity contribution in [2.75, 3.05) is 13.1 Å². The van der Waals surface area contributed by atoms with Crippen LogP contribution in [0.25, 0.3) is 0 Å². The van der Waals surface area contributed by atoms with E-state index in [2.05, 4.69) is 60.9 Å². The van der Waals surface area contributed by atoms with E-state index in [0.717, 1.165) is 18.5 Å². The number of hydrogen-bond donors (Lipinski definition) is 2. The third-order valence-corrected chi connectivity index (χ3v) is 4.60. The zero-order chi connectivity index (χ0) is 16.2. The van der Waals surface area contributed by atoms with Crippen molar-refractivity contribution in [3.63, 3.8) is 0 Å². The summed E-state index contributed by atoms with van der Waals surface area (Å²) in [5.74, 6) is 0.370. The van der Waals surface area contributed by atoms with Crippen LogP contribution < -0.4 is 10.6 Å². The minimum atomic E-state index is -0.231. The van der Waals surface area contributed by atoms with Crippen LogP contribution in [0.15, 0.2) is 48.5 Å². The van der Waals surface area contributed by atoms with Crippen LogP contribution >= 0.6 is 0 Å². The maximum atomic E-state index is 12.6. The van der Waals surface area contributed by atoms with Crippen molar-refractivity contribution in [1.82, 2.24) is 10.6 Å². The van der Waals surface area contributed by atoms with Crippen LogP contribution in [0.5, 0.6) is 0 Å². The number of carbonyl (C=O) groups is 1. The normalized spacial score (nSPS) is 18.1. The number of hydrogen-bond acceptors (Lipinski definition) is 2. The molecule has 120 valence electrons. The van der Waals surface area contributed by atoms with Crippen molar-refractivity contribution < 1.29 is 4.79 Å². The Labute approximate surface area is 138 Å². The van der Waals surface area contributed by atoms with Gasteiger partial charge in [0.2, 0.25) is 5.91 Å². The SMILES string of the molecule is Cc1ccc(C(C)CNC(=O)C2NCCc3ccccc32)cc1. The minimum Gasteiger partial charge on any atom is -0.354 e. The van der Waals surface area contributed by atoms with E-state index in [4.69, 9.17) is 0 Å². The summed E-state index contributed by atoms with van der Waals surface area (Å²) in [6, 6.07) is 16.5. The van der Waals surface area contributed by atoms with Crippen molar-refractivity contribution in [3.8, 4) is 0 Å². The number of rotatable bonds is 4.